The Bertz CT molecular complexity index is 107. The van der Waals surface area contributed by atoms with Crippen molar-refractivity contribution >= 4 is 0 Å². The fourth-order valence-electron chi connectivity index (χ4n) is 1.27. The summed E-state index contributed by atoms with van der Waals surface area (Å²) in [7, 11) is 0. The van der Waals surface area contributed by atoms with Gasteiger partial charge in [-0.15, -0.1) is 6.58 Å². The molecule has 0 spiro atoms. The number of hydrogen-bond donors (Lipinski definition) is 1. The largest absolute Gasteiger partial charge is 0.393 e. The van der Waals surface area contributed by atoms with E-state index in [-0.39, 0.29) is 6.10 Å². The molecule has 1 nitrogen and oxygen atoms in total. The van der Waals surface area contributed by atoms with Crippen LogP contribution in [0.5, 0.6) is 0 Å². The Balaban J connectivity index is 2.12. The summed E-state index contributed by atoms with van der Waals surface area (Å²) in [6, 6.07) is 0. The van der Waals surface area contributed by atoms with E-state index >= 15 is 0 Å². The van der Waals surface area contributed by atoms with Crippen LogP contribution in [0.1, 0.15) is 19.8 Å². The third-order valence-electron chi connectivity index (χ3n) is 1.92. The zero-order valence-electron chi connectivity index (χ0n) is 5.88. The third kappa shape index (κ3) is 1.83. The van der Waals surface area contributed by atoms with Gasteiger partial charge in [0.15, 0.2) is 0 Å². The van der Waals surface area contributed by atoms with Crippen molar-refractivity contribution in [2.24, 2.45) is 11.8 Å². The minimum Gasteiger partial charge on any atom is -0.393 e. The highest BCUT2D eigenvalue weighted by Crippen LogP contribution is 2.42. The van der Waals surface area contributed by atoms with E-state index in [4.69, 9.17) is 5.11 Å². The Morgan fingerprint density at radius 3 is 2.89 bits per heavy atom. The lowest BCUT2D eigenvalue weighted by atomic mass is 10.2. The summed E-state index contributed by atoms with van der Waals surface area (Å²) in [5.74, 6) is 1.45. The van der Waals surface area contributed by atoms with Crippen LogP contribution < -0.4 is 0 Å². The number of aliphatic hydroxyl groups excluding tert-OH is 1. The number of aliphatic hydroxyl groups is 1. The second-order valence-corrected chi connectivity index (χ2v) is 2.98. The predicted molar refractivity (Wildman–Crippen MR) is 38.1 cm³/mol. The zero-order chi connectivity index (χ0) is 6.85. The molecule has 0 heterocycles. The molecule has 0 aliphatic heterocycles. The first kappa shape index (κ1) is 6.81. The third-order valence-corrected chi connectivity index (χ3v) is 1.92. The van der Waals surface area contributed by atoms with Gasteiger partial charge in [-0.1, -0.05) is 6.08 Å². The maximum atomic E-state index is 8.94. The fourth-order valence-corrected chi connectivity index (χ4v) is 1.27. The Morgan fingerprint density at radius 1 is 1.89 bits per heavy atom. The fraction of sp³-hybridized carbons (Fsp3) is 0.750. The minimum atomic E-state index is -0.125. The summed E-state index contributed by atoms with van der Waals surface area (Å²) >= 11 is 0. The summed E-state index contributed by atoms with van der Waals surface area (Å²) in [5.41, 5.74) is 0. The molecule has 0 amide bonds. The maximum absolute atomic E-state index is 8.94. The van der Waals surface area contributed by atoms with Crippen LogP contribution in [0.15, 0.2) is 12.7 Å². The van der Waals surface area contributed by atoms with Crippen LogP contribution in [-0.2, 0) is 0 Å². The smallest absolute Gasteiger partial charge is 0.0515 e. The van der Waals surface area contributed by atoms with Crippen molar-refractivity contribution in [1.82, 2.24) is 0 Å². The molecule has 1 heteroatoms. The molecule has 1 rings (SSSR count). The van der Waals surface area contributed by atoms with Crippen LogP contribution >= 0.6 is 0 Å². The monoisotopic (exact) mass is 126 g/mol. The van der Waals surface area contributed by atoms with E-state index < -0.39 is 0 Å². The Kier molecular flexibility index (Phi) is 1.91. The van der Waals surface area contributed by atoms with Gasteiger partial charge in [0.25, 0.3) is 0 Å². The molecule has 1 aliphatic rings. The first-order valence-electron chi connectivity index (χ1n) is 3.54. The molecule has 9 heavy (non-hydrogen) atoms. The molecule has 0 aromatic rings. The Morgan fingerprint density at radius 2 is 2.56 bits per heavy atom. The molecule has 1 saturated carbocycles. The van der Waals surface area contributed by atoms with E-state index in [9.17, 15) is 0 Å². The molecule has 0 aromatic heterocycles. The van der Waals surface area contributed by atoms with Crippen molar-refractivity contribution in [2.75, 3.05) is 0 Å². The molecule has 52 valence electrons. The van der Waals surface area contributed by atoms with Gasteiger partial charge in [0.1, 0.15) is 0 Å². The standard InChI is InChI=1S/C8H14O/c1-3-7-5-8(7)4-6(2)9/h3,6-9H,1,4-5H2,2H3. The Hall–Kier alpha value is -0.300. The molecule has 3 atom stereocenters. The van der Waals surface area contributed by atoms with Gasteiger partial charge in [0.2, 0.25) is 0 Å². The van der Waals surface area contributed by atoms with E-state index in [1.807, 2.05) is 13.0 Å². The molecule has 1 N–H and O–H groups in total. The van der Waals surface area contributed by atoms with E-state index in [1.165, 1.54) is 6.42 Å². The lowest BCUT2D eigenvalue weighted by molar-refractivity contribution is 0.176. The SMILES string of the molecule is C=CC1CC1CC(C)O. The van der Waals surface area contributed by atoms with Gasteiger partial charge < -0.3 is 5.11 Å². The van der Waals surface area contributed by atoms with Crippen LogP contribution in [0.4, 0.5) is 0 Å². The molecule has 0 radical (unpaired) electrons. The van der Waals surface area contributed by atoms with Gasteiger partial charge in [-0.3, -0.25) is 0 Å². The highest BCUT2D eigenvalue weighted by Gasteiger charge is 2.34. The van der Waals surface area contributed by atoms with Crippen LogP contribution in [0.3, 0.4) is 0 Å². The lowest BCUT2D eigenvalue weighted by Gasteiger charge is -1.99. The lowest BCUT2D eigenvalue weighted by Crippen LogP contribution is -2.00. The van der Waals surface area contributed by atoms with Gasteiger partial charge in [0, 0.05) is 0 Å². The average Bonchev–Trinajstić information content (AvgIpc) is 2.45. The minimum absolute atomic E-state index is 0.125. The molecular weight excluding hydrogens is 112 g/mol. The summed E-state index contributed by atoms with van der Waals surface area (Å²) in [4.78, 5) is 0. The van der Waals surface area contributed by atoms with Gasteiger partial charge >= 0.3 is 0 Å². The molecule has 0 saturated heterocycles. The van der Waals surface area contributed by atoms with E-state index in [0.717, 1.165) is 12.3 Å². The summed E-state index contributed by atoms with van der Waals surface area (Å²) < 4.78 is 0. The van der Waals surface area contributed by atoms with Gasteiger partial charge in [-0.2, -0.15) is 0 Å². The van der Waals surface area contributed by atoms with Crippen LogP contribution in [0, 0.1) is 11.8 Å². The molecule has 0 aromatic carbocycles. The zero-order valence-corrected chi connectivity index (χ0v) is 5.88. The van der Waals surface area contributed by atoms with Crippen molar-refractivity contribution in [1.29, 1.82) is 0 Å². The highest BCUT2D eigenvalue weighted by atomic mass is 16.3. The van der Waals surface area contributed by atoms with Crippen molar-refractivity contribution < 1.29 is 5.11 Å². The summed E-state index contributed by atoms with van der Waals surface area (Å²) in [6.07, 6.45) is 4.07. The van der Waals surface area contributed by atoms with Crippen molar-refractivity contribution in [2.45, 2.75) is 25.9 Å². The van der Waals surface area contributed by atoms with Gasteiger partial charge in [-0.25, -0.2) is 0 Å². The van der Waals surface area contributed by atoms with Crippen molar-refractivity contribution in [3.63, 3.8) is 0 Å². The predicted octanol–water partition coefficient (Wildman–Crippen LogP) is 1.58. The average molecular weight is 126 g/mol. The van der Waals surface area contributed by atoms with Gasteiger partial charge in [-0.05, 0) is 31.6 Å². The summed E-state index contributed by atoms with van der Waals surface area (Å²) in [5, 5.41) is 8.94. The molecular formula is C8H14O. The maximum Gasteiger partial charge on any atom is 0.0515 e. The van der Waals surface area contributed by atoms with E-state index in [2.05, 4.69) is 6.58 Å². The molecule has 0 bridgehead atoms. The number of allylic oxidation sites excluding steroid dienone is 1. The number of hydrogen-bond acceptors (Lipinski definition) is 1. The molecule has 1 fully saturated rings. The molecule has 3 unspecified atom stereocenters. The topological polar surface area (TPSA) is 20.2 Å². The van der Waals surface area contributed by atoms with E-state index in [1.54, 1.807) is 0 Å². The van der Waals surface area contributed by atoms with Crippen molar-refractivity contribution in [3.05, 3.63) is 12.7 Å². The molecule has 1 aliphatic carbocycles. The van der Waals surface area contributed by atoms with Crippen molar-refractivity contribution in [3.8, 4) is 0 Å². The first-order chi connectivity index (χ1) is 4.24. The van der Waals surface area contributed by atoms with Crippen LogP contribution in [-0.4, -0.2) is 11.2 Å². The van der Waals surface area contributed by atoms with E-state index in [0.29, 0.717) is 5.92 Å². The second kappa shape index (κ2) is 2.53. The van der Waals surface area contributed by atoms with Crippen LogP contribution in [0.2, 0.25) is 0 Å². The normalized spacial score (nSPS) is 35.8. The van der Waals surface area contributed by atoms with Gasteiger partial charge in [0.05, 0.1) is 6.10 Å². The highest BCUT2D eigenvalue weighted by molar-refractivity contribution is 4.98. The Labute approximate surface area is 56.4 Å². The number of rotatable bonds is 3. The second-order valence-electron chi connectivity index (χ2n) is 2.98. The summed E-state index contributed by atoms with van der Waals surface area (Å²) in [6.45, 7) is 5.54. The first-order valence-corrected chi connectivity index (χ1v) is 3.54. The van der Waals surface area contributed by atoms with Crippen LogP contribution in [0.25, 0.3) is 0 Å². The quantitative estimate of drug-likeness (QED) is 0.569.